The molecule has 8 nitrogen and oxygen atoms in total. The van der Waals surface area contributed by atoms with Gasteiger partial charge < -0.3 is 14.8 Å². The van der Waals surface area contributed by atoms with Crippen molar-refractivity contribution in [3.8, 4) is 5.75 Å². The maximum atomic E-state index is 13.4. The number of hydrazine groups is 1. The van der Waals surface area contributed by atoms with Crippen molar-refractivity contribution in [1.82, 2.24) is 15.8 Å². The molecule has 0 spiro atoms. The number of halogens is 5. The molecular weight excluding hydrogens is 515 g/mol. The Labute approximate surface area is 216 Å². The summed E-state index contributed by atoms with van der Waals surface area (Å²) in [4.78, 5) is 28.6. The van der Waals surface area contributed by atoms with Crippen molar-refractivity contribution in [2.45, 2.75) is 57.5 Å². The first-order valence-corrected chi connectivity index (χ1v) is 11.8. The molecule has 208 valence electrons. The minimum Gasteiger partial charge on any atom is -0.494 e. The van der Waals surface area contributed by atoms with E-state index in [0.29, 0.717) is 0 Å². The Kier molecular flexibility index (Phi) is 8.93. The van der Waals surface area contributed by atoms with Crippen molar-refractivity contribution in [3.05, 3.63) is 53.9 Å². The molecule has 1 aliphatic carbocycles. The molecule has 1 aliphatic heterocycles. The fourth-order valence-corrected chi connectivity index (χ4v) is 3.81. The van der Waals surface area contributed by atoms with E-state index >= 15 is 0 Å². The van der Waals surface area contributed by atoms with Gasteiger partial charge in [-0.1, -0.05) is 19.9 Å². The lowest BCUT2D eigenvalue weighted by atomic mass is 9.82. The minimum absolute atomic E-state index is 0.0693. The van der Waals surface area contributed by atoms with Gasteiger partial charge in [-0.15, -0.1) is 0 Å². The number of rotatable bonds is 6. The Morgan fingerprint density at radius 1 is 1.16 bits per heavy atom. The molecule has 0 bridgehead atoms. The zero-order valence-corrected chi connectivity index (χ0v) is 21.2. The van der Waals surface area contributed by atoms with Crippen molar-refractivity contribution in [2.75, 3.05) is 12.4 Å². The molecule has 2 amide bonds. The molecule has 38 heavy (non-hydrogen) atoms. The van der Waals surface area contributed by atoms with Crippen LogP contribution < -0.4 is 20.9 Å². The SMILES string of the molecule is COc1cccc(F)c1F.C[C@@H]1[C@H](C(=O)Nc2ccnc(C(=O)NNC3CC3)c2)O[C@@](C)(C(F)(F)F)[C@H]1C. The van der Waals surface area contributed by atoms with Gasteiger partial charge in [-0.25, -0.2) is 9.82 Å². The third-order valence-corrected chi connectivity index (χ3v) is 6.69. The van der Waals surface area contributed by atoms with Gasteiger partial charge >= 0.3 is 6.18 Å². The average Bonchev–Trinajstić information content (AvgIpc) is 3.67. The molecule has 1 aromatic carbocycles. The van der Waals surface area contributed by atoms with Crippen molar-refractivity contribution < 1.29 is 41.0 Å². The summed E-state index contributed by atoms with van der Waals surface area (Å²) in [6.45, 7) is 3.94. The lowest BCUT2D eigenvalue weighted by Crippen LogP contribution is -2.47. The van der Waals surface area contributed by atoms with Crippen LogP contribution in [-0.4, -0.2) is 47.8 Å². The van der Waals surface area contributed by atoms with Gasteiger partial charge in [0.1, 0.15) is 11.8 Å². The Balaban J connectivity index is 0.000000336. The second-order valence-corrected chi connectivity index (χ2v) is 9.34. The lowest BCUT2D eigenvalue weighted by molar-refractivity contribution is -0.272. The van der Waals surface area contributed by atoms with E-state index < -0.39 is 53.2 Å². The van der Waals surface area contributed by atoms with Gasteiger partial charge in [0, 0.05) is 17.9 Å². The molecule has 3 N–H and O–H groups in total. The van der Waals surface area contributed by atoms with Crippen molar-refractivity contribution in [3.63, 3.8) is 0 Å². The van der Waals surface area contributed by atoms with Gasteiger partial charge in [0.05, 0.1) is 7.11 Å². The summed E-state index contributed by atoms with van der Waals surface area (Å²) >= 11 is 0. The zero-order chi connectivity index (χ0) is 28.3. The second-order valence-electron chi connectivity index (χ2n) is 9.34. The van der Waals surface area contributed by atoms with E-state index in [1.807, 2.05) is 0 Å². The molecular formula is C25H29F5N4O4. The Morgan fingerprint density at radius 2 is 1.84 bits per heavy atom. The Bertz CT molecular complexity index is 1160. The number of aromatic nitrogens is 1. The third kappa shape index (κ3) is 6.57. The first-order valence-electron chi connectivity index (χ1n) is 11.8. The quantitative estimate of drug-likeness (QED) is 0.369. The summed E-state index contributed by atoms with van der Waals surface area (Å²) in [5.41, 5.74) is 3.29. The summed E-state index contributed by atoms with van der Waals surface area (Å²) < 4.78 is 74.7. The van der Waals surface area contributed by atoms with Gasteiger partial charge in [0.15, 0.2) is 17.2 Å². The fourth-order valence-electron chi connectivity index (χ4n) is 3.81. The Morgan fingerprint density at radius 3 is 2.39 bits per heavy atom. The van der Waals surface area contributed by atoms with Crippen LogP contribution in [0.25, 0.3) is 0 Å². The molecule has 2 aromatic rings. The van der Waals surface area contributed by atoms with E-state index in [9.17, 15) is 31.5 Å². The van der Waals surface area contributed by atoms with Crippen LogP contribution in [0.2, 0.25) is 0 Å². The summed E-state index contributed by atoms with van der Waals surface area (Å²) in [5.74, 6) is -4.59. The highest BCUT2D eigenvalue weighted by Crippen LogP contribution is 2.49. The average molecular weight is 545 g/mol. The molecule has 13 heteroatoms. The monoisotopic (exact) mass is 544 g/mol. The van der Waals surface area contributed by atoms with Crippen LogP contribution in [0.1, 0.15) is 44.1 Å². The number of hydrogen-bond donors (Lipinski definition) is 3. The smallest absolute Gasteiger partial charge is 0.417 e. The predicted molar refractivity (Wildman–Crippen MR) is 127 cm³/mol. The van der Waals surface area contributed by atoms with Gasteiger partial charge in [-0.3, -0.25) is 20.0 Å². The van der Waals surface area contributed by atoms with Gasteiger partial charge in [0.2, 0.25) is 5.82 Å². The number of anilines is 1. The van der Waals surface area contributed by atoms with Crippen LogP contribution in [0.3, 0.4) is 0 Å². The van der Waals surface area contributed by atoms with Crippen LogP contribution in [-0.2, 0) is 9.53 Å². The zero-order valence-electron chi connectivity index (χ0n) is 21.2. The molecule has 0 unspecified atom stereocenters. The highest BCUT2D eigenvalue weighted by molar-refractivity contribution is 5.97. The highest BCUT2D eigenvalue weighted by Gasteiger charge is 2.64. The van der Waals surface area contributed by atoms with Crippen LogP contribution in [0.4, 0.5) is 27.6 Å². The van der Waals surface area contributed by atoms with Gasteiger partial charge in [-0.05, 0) is 55.9 Å². The minimum atomic E-state index is -4.59. The molecule has 4 rings (SSSR count). The van der Waals surface area contributed by atoms with E-state index in [2.05, 4.69) is 25.9 Å². The molecule has 2 aliphatic rings. The summed E-state index contributed by atoms with van der Waals surface area (Å²) in [6.07, 6.45) is -2.55. The Hall–Kier alpha value is -3.32. The molecule has 0 radical (unpaired) electrons. The number of pyridine rings is 1. The lowest BCUT2D eigenvalue weighted by Gasteiger charge is -2.31. The number of amides is 2. The number of nitrogens with zero attached hydrogens (tertiary/aromatic N) is 1. The normalized spacial score (nSPS) is 24.7. The van der Waals surface area contributed by atoms with Crippen LogP contribution in [0.5, 0.6) is 5.75 Å². The predicted octanol–water partition coefficient (Wildman–Crippen LogP) is 4.38. The number of carbonyl (C=O) groups excluding carboxylic acids is 2. The molecule has 4 atom stereocenters. The van der Waals surface area contributed by atoms with E-state index in [1.165, 1.54) is 44.5 Å². The topological polar surface area (TPSA) is 102 Å². The summed E-state index contributed by atoms with van der Waals surface area (Å²) in [7, 11) is 1.29. The van der Waals surface area contributed by atoms with Crippen LogP contribution >= 0.6 is 0 Å². The van der Waals surface area contributed by atoms with Crippen molar-refractivity contribution in [2.24, 2.45) is 11.8 Å². The molecule has 1 aromatic heterocycles. The van der Waals surface area contributed by atoms with Crippen LogP contribution in [0, 0.1) is 23.5 Å². The summed E-state index contributed by atoms with van der Waals surface area (Å²) in [5, 5.41) is 2.52. The molecule has 1 saturated carbocycles. The van der Waals surface area contributed by atoms with Gasteiger partial charge in [0.25, 0.3) is 11.8 Å². The van der Waals surface area contributed by atoms with Crippen molar-refractivity contribution >= 4 is 17.5 Å². The van der Waals surface area contributed by atoms with E-state index in [0.717, 1.165) is 25.8 Å². The standard InChI is InChI=1S/C18H23F3N4O3.C7H6F2O/c1-9-10(2)17(3,18(19,20)21)28-14(9)16(27)23-12-6-7-22-13(8-12)15(26)25-24-11-4-5-11;1-10-6-4-2-3-5(8)7(6)9/h6-11,14,24H,4-5H2,1-3H3,(H,25,26)(H,22,23,27);2-4H,1H3/t9-,10-,14+,17+;/m0./s1. The number of benzene rings is 1. The molecule has 2 fully saturated rings. The fraction of sp³-hybridized carbons (Fsp3) is 0.480. The van der Waals surface area contributed by atoms with Gasteiger partial charge in [-0.2, -0.15) is 17.6 Å². The second kappa shape index (κ2) is 11.6. The third-order valence-electron chi connectivity index (χ3n) is 6.69. The number of methoxy groups -OCH3 is 1. The number of carbonyl (C=O) groups is 2. The first-order chi connectivity index (χ1) is 17.8. The van der Waals surface area contributed by atoms with Crippen LogP contribution in [0.15, 0.2) is 36.5 Å². The molecule has 1 saturated heterocycles. The molecule has 2 heterocycles. The number of ether oxygens (including phenoxy) is 2. The van der Waals surface area contributed by atoms with E-state index in [-0.39, 0.29) is 23.2 Å². The first kappa shape index (κ1) is 29.2. The number of hydrogen-bond acceptors (Lipinski definition) is 6. The maximum Gasteiger partial charge on any atom is 0.417 e. The maximum absolute atomic E-state index is 13.4. The largest absolute Gasteiger partial charge is 0.494 e. The number of alkyl halides is 3. The van der Waals surface area contributed by atoms with E-state index in [4.69, 9.17) is 4.74 Å². The summed E-state index contributed by atoms with van der Waals surface area (Å²) in [6, 6.07) is 6.86. The number of nitrogens with one attached hydrogen (secondary N) is 3. The van der Waals surface area contributed by atoms with E-state index in [1.54, 1.807) is 6.92 Å². The van der Waals surface area contributed by atoms with Crippen molar-refractivity contribution in [1.29, 1.82) is 0 Å². The highest BCUT2D eigenvalue weighted by atomic mass is 19.4.